The first-order valence-corrected chi connectivity index (χ1v) is 8.72. The number of para-hydroxylation sites is 1. The monoisotopic (exact) mass is 326 g/mol. The van der Waals surface area contributed by atoms with E-state index >= 15 is 0 Å². The number of hydrogen-bond acceptors (Lipinski definition) is 3. The summed E-state index contributed by atoms with van der Waals surface area (Å²) >= 11 is 0. The van der Waals surface area contributed by atoms with Crippen LogP contribution >= 0.6 is 0 Å². The van der Waals surface area contributed by atoms with Crippen molar-refractivity contribution in [3.05, 3.63) is 66.2 Å². The molecule has 2 aromatic carbocycles. The molecule has 0 bridgehead atoms. The highest BCUT2D eigenvalue weighted by atomic mass is 16.6. The fourth-order valence-electron chi connectivity index (χ4n) is 2.66. The van der Waals surface area contributed by atoms with Crippen LogP contribution < -0.4 is 4.74 Å². The Balaban J connectivity index is 2.10. The lowest BCUT2D eigenvalue weighted by molar-refractivity contribution is -0.0155. The molecule has 0 aromatic heterocycles. The van der Waals surface area contributed by atoms with E-state index in [1.165, 1.54) is 0 Å². The van der Waals surface area contributed by atoms with Crippen LogP contribution in [0.1, 0.15) is 49.9 Å². The first kappa shape index (κ1) is 18.1. The summed E-state index contributed by atoms with van der Waals surface area (Å²) in [6.07, 6.45) is 3.16. The maximum Gasteiger partial charge on any atom is 0.338 e. The van der Waals surface area contributed by atoms with Gasteiger partial charge in [-0.1, -0.05) is 63.1 Å². The Bertz CT molecular complexity index is 595. The molecular weight excluding hydrogens is 300 g/mol. The van der Waals surface area contributed by atoms with Gasteiger partial charge in [0.15, 0.2) is 0 Å². The van der Waals surface area contributed by atoms with Gasteiger partial charge in [0, 0.05) is 0 Å². The van der Waals surface area contributed by atoms with Crippen molar-refractivity contribution in [1.82, 2.24) is 0 Å². The molecule has 2 unspecified atom stereocenters. The van der Waals surface area contributed by atoms with Crippen molar-refractivity contribution in [2.45, 2.75) is 51.7 Å². The molecule has 24 heavy (non-hydrogen) atoms. The Morgan fingerprint density at radius 3 is 1.96 bits per heavy atom. The molecule has 2 aromatic rings. The zero-order valence-corrected chi connectivity index (χ0v) is 14.5. The highest BCUT2D eigenvalue weighted by Crippen LogP contribution is 2.21. The first-order chi connectivity index (χ1) is 11.7. The van der Waals surface area contributed by atoms with Crippen LogP contribution in [0.4, 0.5) is 0 Å². The van der Waals surface area contributed by atoms with Gasteiger partial charge < -0.3 is 9.47 Å². The normalized spacial score (nSPS) is 13.1. The highest BCUT2D eigenvalue weighted by Gasteiger charge is 2.26. The zero-order valence-electron chi connectivity index (χ0n) is 14.5. The van der Waals surface area contributed by atoms with Gasteiger partial charge in [-0.3, -0.25) is 0 Å². The lowest BCUT2D eigenvalue weighted by Crippen LogP contribution is -2.36. The lowest BCUT2D eigenvalue weighted by atomic mass is 10.0. The third-order valence-corrected chi connectivity index (χ3v) is 3.86. The van der Waals surface area contributed by atoms with Gasteiger partial charge in [0.1, 0.15) is 18.0 Å². The molecule has 128 valence electrons. The molecule has 3 heteroatoms. The molecule has 0 aliphatic rings. The number of carbonyl (C=O) groups excluding carboxylic acids is 1. The minimum absolute atomic E-state index is 0.134. The van der Waals surface area contributed by atoms with Gasteiger partial charge in [0.2, 0.25) is 0 Å². The van der Waals surface area contributed by atoms with Crippen LogP contribution in [0.5, 0.6) is 5.75 Å². The molecule has 2 rings (SSSR count). The number of esters is 1. The van der Waals surface area contributed by atoms with E-state index in [2.05, 4.69) is 13.8 Å². The van der Waals surface area contributed by atoms with Crippen molar-refractivity contribution >= 4 is 5.97 Å². The van der Waals surface area contributed by atoms with E-state index < -0.39 is 0 Å². The van der Waals surface area contributed by atoms with E-state index in [1.54, 1.807) is 12.1 Å². The summed E-state index contributed by atoms with van der Waals surface area (Å²) in [6, 6.07) is 18.8. The molecule has 0 saturated heterocycles. The number of hydrogen-bond donors (Lipinski definition) is 0. The number of rotatable bonds is 9. The van der Waals surface area contributed by atoms with Crippen LogP contribution in [-0.4, -0.2) is 18.2 Å². The summed E-state index contributed by atoms with van der Waals surface area (Å²) in [6.45, 7) is 4.21. The Hall–Kier alpha value is -2.29. The largest absolute Gasteiger partial charge is 0.487 e. The van der Waals surface area contributed by atoms with E-state index in [9.17, 15) is 4.79 Å². The summed E-state index contributed by atoms with van der Waals surface area (Å²) < 4.78 is 11.9. The first-order valence-electron chi connectivity index (χ1n) is 8.72. The molecular formula is C21H26O3. The highest BCUT2D eigenvalue weighted by molar-refractivity contribution is 5.89. The van der Waals surface area contributed by atoms with Crippen molar-refractivity contribution in [2.24, 2.45) is 0 Å². The topological polar surface area (TPSA) is 35.5 Å². The van der Waals surface area contributed by atoms with Gasteiger partial charge in [0.05, 0.1) is 5.56 Å². The maximum absolute atomic E-state index is 12.4. The standard InChI is InChI=1S/C21H26O3/c1-3-11-19(23-18-15-9-6-10-16-18)20(12-4-2)24-21(22)17-13-7-5-8-14-17/h5-10,13-16,19-20H,3-4,11-12H2,1-2H3. The van der Waals surface area contributed by atoms with Crippen molar-refractivity contribution in [2.75, 3.05) is 0 Å². The second-order valence-electron chi connectivity index (χ2n) is 5.86. The molecule has 0 aliphatic carbocycles. The van der Waals surface area contributed by atoms with Gasteiger partial charge in [-0.25, -0.2) is 4.79 Å². The van der Waals surface area contributed by atoms with Crippen LogP contribution in [0.2, 0.25) is 0 Å². The minimum Gasteiger partial charge on any atom is -0.487 e. The SMILES string of the molecule is CCCC(OC(=O)c1ccccc1)C(CCC)Oc1ccccc1. The number of carbonyl (C=O) groups is 1. The fourth-order valence-corrected chi connectivity index (χ4v) is 2.66. The average molecular weight is 326 g/mol. The van der Waals surface area contributed by atoms with E-state index in [-0.39, 0.29) is 18.2 Å². The smallest absolute Gasteiger partial charge is 0.338 e. The molecule has 0 saturated carbocycles. The predicted molar refractivity (Wildman–Crippen MR) is 96.3 cm³/mol. The molecule has 0 N–H and O–H groups in total. The molecule has 0 aliphatic heterocycles. The zero-order chi connectivity index (χ0) is 17.2. The second kappa shape index (κ2) is 9.76. The molecule has 0 spiro atoms. The molecule has 2 atom stereocenters. The Labute approximate surface area is 144 Å². The summed E-state index contributed by atoms with van der Waals surface area (Å²) in [5.41, 5.74) is 0.577. The van der Waals surface area contributed by atoms with E-state index in [0.29, 0.717) is 5.56 Å². The van der Waals surface area contributed by atoms with Crippen molar-refractivity contribution in [3.8, 4) is 5.75 Å². The van der Waals surface area contributed by atoms with Crippen molar-refractivity contribution < 1.29 is 14.3 Å². The minimum atomic E-state index is -0.285. The van der Waals surface area contributed by atoms with Crippen LogP contribution in [-0.2, 0) is 4.74 Å². The van der Waals surface area contributed by atoms with Gasteiger partial charge in [0.25, 0.3) is 0 Å². The molecule has 3 nitrogen and oxygen atoms in total. The lowest BCUT2D eigenvalue weighted by Gasteiger charge is -2.27. The maximum atomic E-state index is 12.4. The average Bonchev–Trinajstić information content (AvgIpc) is 2.62. The van der Waals surface area contributed by atoms with Crippen molar-refractivity contribution in [1.29, 1.82) is 0 Å². The number of ether oxygens (including phenoxy) is 2. The van der Waals surface area contributed by atoms with Crippen LogP contribution in [0.25, 0.3) is 0 Å². The van der Waals surface area contributed by atoms with Gasteiger partial charge in [-0.05, 0) is 37.1 Å². The molecule has 0 fully saturated rings. The van der Waals surface area contributed by atoms with E-state index in [4.69, 9.17) is 9.47 Å². The van der Waals surface area contributed by atoms with Gasteiger partial charge in [-0.2, -0.15) is 0 Å². The van der Waals surface area contributed by atoms with Gasteiger partial charge in [-0.15, -0.1) is 0 Å². The summed E-state index contributed by atoms with van der Waals surface area (Å²) in [5, 5.41) is 0. The van der Waals surface area contributed by atoms with Gasteiger partial charge >= 0.3 is 5.97 Å². The third kappa shape index (κ3) is 5.41. The summed E-state index contributed by atoms with van der Waals surface area (Å²) in [7, 11) is 0. The van der Waals surface area contributed by atoms with E-state index in [1.807, 2.05) is 48.5 Å². The molecule has 0 amide bonds. The van der Waals surface area contributed by atoms with E-state index in [0.717, 1.165) is 31.4 Å². The molecule has 0 heterocycles. The van der Waals surface area contributed by atoms with Crippen molar-refractivity contribution in [3.63, 3.8) is 0 Å². The number of benzene rings is 2. The van der Waals surface area contributed by atoms with Crippen LogP contribution in [0, 0.1) is 0 Å². The second-order valence-corrected chi connectivity index (χ2v) is 5.86. The predicted octanol–water partition coefficient (Wildman–Crippen LogP) is 5.26. The molecule has 0 radical (unpaired) electrons. The Morgan fingerprint density at radius 2 is 1.38 bits per heavy atom. The summed E-state index contributed by atoms with van der Waals surface area (Å²) in [5.74, 6) is 0.527. The fraction of sp³-hybridized carbons (Fsp3) is 0.381. The quantitative estimate of drug-likeness (QED) is 0.590. The Morgan fingerprint density at radius 1 is 0.833 bits per heavy atom. The summed E-state index contributed by atoms with van der Waals surface area (Å²) in [4.78, 5) is 12.4. The van der Waals surface area contributed by atoms with Crippen LogP contribution in [0.15, 0.2) is 60.7 Å². The van der Waals surface area contributed by atoms with Crippen LogP contribution in [0.3, 0.4) is 0 Å². The Kier molecular flexibility index (Phi) is 7.34. The third-order valence-electron chi connectivity index (χ3n) is 3.86.